The van der Waals surface area contributed by atoms with Gasteiger partial charge in [-0.1, -0.05) is 24.8 Å². The number of amidine groups is 1. The van der Waals surface area contributed by atoms with Gasteiger partial charge in [-0.15, -0.1) is 0 Å². The summed E-state index contributed by atoms with van der Waals surface area (Å²) in [5, 5.41) is 1.60. The summed E-state index contributed by atoms with van der Waals surface area (Å²) in [7, 11) is 3.47. The number of pyridine rings is 1. The van der Waals surface area contributed by atoms with E-state index in [2.05, 4.69) is 39.9 Å². The number of rotatable bonds is 5. The van der Waals surface area contributed by atoms with Crippen LogP contribution in [0, 0.1) is 0 Å². The van der Waals surface area contributed by atoms with Crippen LogP contribution in [0.2, 0.25) is 0 Å². The van der Waals surface area contributed by atoms with Gasteiger partial charge in [-0.2, -0.15) is 0 Å². The molecule has 3 atom stereocenters. The lowest BCUT2D eigenvalue weighted by Gasteiger charge is -2.33. The smallest absolute Gasteiger partial charge is 0.160 e. The third kappa shape index (κ3) is 3.72. The van der Waals surface area contributed by atoms with E-state index in [1.54, 1.807) is 14.2 Å². The maximum absolute atomic E-state index is 5.93. The highest BCUT2D eigenvalue weighted by atomic mass is 32.2. The fourth-order valence-electron chi connectivity index (χ4n) is 4.64. The van der Waals surface area contributed by atoms with Crippen molar-refractivity contribution in [2.75, 3.05) is 52.0 Å². The topological polar surface area (TPSA) is 59.4 Å². The van der Waals surface area contributed by atoms with Crippen LogP contribution in [0.5, 0.6) is 11.5 Å². The van der Waals surface area contributed by atoms with Crippen molar-refractivity contribution in [2.45, 2.75) is 24.3 Å². The van der Waals surface area contributed by atoms with E-state index in [0.29, 0.717) is 5.25 Å². The second-order valence-electron chi connectivity index (χ2n) is 8.00. The summed E-state index contributed by atoms with van der Waals surface area (Å²) >= 11 is 1.84. The number of aromatic nitrogens is 1. The number of aliphatic imine (C=N–C) groups is 1. The van der Waals surface area contributed by atoms with E-state index in [1.807, 2.05) is 30.1 Å². The molecule has 164 valence electrons. The Kier molecular flexibility index (Phi) is 5.67. The number of ether oxygens (including phenoxy) is 3. The van der Waals surface area contributed by atoms with E-state index in [0.717, 1.165) is 66.5 Å². The average molecular weight is 441 g/mol. The molecule has 0 amide bonds. The van der Waals surface area contributed by atoms with Crippen molar-refractivity contribution in [3.63, 3.8) is 0 Å². The van der Waals surface area contributed by atoms with Crippen LogP contribution in [0.4, 0.5) is 5.69 Å². The molecule has 0 aliphatic carbocycles. The van der Waals surface area contributed by atoms with Crippen LogP contribution in [-0.4, -0.2) is 67.4 Å². The Hall–Kier alpha value is -2.45. The van der Waals surface area contributed by atoms with E-state index in [1.165, 1.54) is 0 Å². The summed E-state index contributed by atoms with van der Waals surface area (Å²) in [5.41, 5.74) is 3.10. The summed E-state index contributed by atoms with van der Waals surface area (Å²) in [6.07, 6.45) is 1.84. The Labute approximate surface area is 187 Å². The molecule has 31 heavy (non-hydrogen) atoms. The van der Waals surface area contributed by atoms with Crippen LogP contribution in [0.3, 0.4) is 0 Å². The SMILES string of the molecule is COc1cc(N2CCOCC2)c(OC)cc1[C@@H]1[C@H](c2ccccn2)N=C2S[C@H](C)CN21. The summed E-state index contributed by atoms with van der Waals surface area (Å²) in [6, 6.07) is 10.2. The second kappa shape index (κ2) is 8.59. The zero-order valence-electron chi connectivity index (χ0n) is 18.2. The predicted molar refractivity (Wildman–Crippen MR) is 123 cm³/mol. The van der Waals surface area contributed by atoms with E-state index in [9.17, 15) is 0 Å². The van der Waals surface area contributed by atoms with Gasteiger partial charge in [0.15, 0.2) is 5.17 Å². The number of thioether (sulfide) groups is 1. The van der Waals surface area contributed by atoms with E-state index >= 15 is 0 Å². The Balaban J connectivity index is 1.59. The van der Waals surface area contributed by atoms with Crippen molar-refractivity contribution in [1.29, 1.82) is 0 Å². The molecule has 8 heteroatoms. The lowest BCUT2D eigenvalue weighted by Crippen LogP contribution is -2.36. The molecule has 3 aliphatic rings. The molecule has 1 aromatic carbocycles. The van der Waals surface area contributed by atoms with Gasteiger partial charge < -0.3 is 24.0 Å². The molecule has 0 bridgehead atoms. The molecule has 0 N–H and O–H groups in total. The fourth-order valence-corrected chi connectivity index (χ4v) is 5.73. The Morgan fingerprint density at radius 2 is 1.90 bits per heavy atom. The third-order valence-electron chi connectivity index (χ3n) is 6.08. The van der Waals surface area contributed by atoms with Crippen molar-refractivity contribution in [2.24, 2.45) is 4.99 Å². The van der Waals surface area contributed by atoms with Crippen LogP contribution < -0.4 is 14.4 Å². The molecule has 0 unspecified atom stereocenters. The van der Waals surface area contributed by atoms with E-state index in [-0.39, 0.29) is 12.1 Å². The standard InChI is InChI=1S/C23H28N4O3S/c1-15-14-27-22(21(25-23(27)31-15)17-6-4-5-7-24-17)16-12-20(29-3)18(13-19(16)28-2)26-8-10-30-11-9-26/h4-7,12-13,15,21-22H,8-11,14H2,1-3H3/t15-,21+,22-/m1/s1. The Bertz CT molecular complexity index is 965. The second-order valence-corrected chi connectivity index (χ2v) is 9.41. The van der Waals surface area contributed by atoms with Gasteiger partial charge in [-0.3, -0.25) is 9.98 Å². The summed E-state index contributed by atoms with van der Waals surface area (Å²) in [5.74, 6) is 1.71. The lowest BCUT2D eigenvalue weighted by molar-refractivity contribution is 0.122. The van der Waals surface area contributed by atoms with E-state index < -0.39 is 0 Å². The van der Waals surface area contributed by atoms with Gasteiger partial charge in [-0.05, 0) is 18.2 Å². The van der Waals surface area contributed by atoms with Crippen LogP contribution in [0.25, 0.3) is 0 Å². The molecule has 0 radical (unpaired) electrons. The molecule has 2 aromatic rings. The first-order valence-electron chi connectivity index (χ1n) is 10.7. The molecule has 4 heterocycles. The zero-order chi connectivity index (χ0) is 21.4. The van der Waals surface area contributed by atoms with Crippen molar-refractivity contribution in [1.82, 2.24) is 9.88 Å². The minimum atomic E-state index is -0.0796. The van der Waals surface area contributed by atoms with Crippen molar-refractivity contribution < 1.29 is 14.2 Å². The summed E-state index contributed by atoms with van der Waals surface area (Å²) < 4.78 is 17.3. The fraction of sp³-hybridized carbons (Fsp3) is 0.478. The number of benzene rings is 1. The number of hydrogen-bond acceptors (Lipinski definition) is 8. The molecular weight excluding hydrogens is 412 g/mol. The molecule has 1 aromatic heterocycles. The summed E-state index contributed by atoms with van der Waals surface area (Å²) in [6.45, 7) is 6.32. The van der Waals surface area contributed by atoms with E-state index in [4.69, 9.17) is 19.2 Å². The maximum Gasteiger partial charge on any atom is 0.160 e. The molecule has 0 saturated carbocycles. The normalized spacial score (nSPS) is 25.4. The molecule has 2 fully saturated rings. The van der Waals surface area contributed by atoms with Gasteiger partial charge in [0.1, 0.15) is 17.5 Å². The number of anilines is 1. The highest BCUT2D eigenvalue weighted by Crippen LogP contribution is 2.51. The monoisotopic (exact) mass is 440 g/mol. The number of methoxy groups -OCH3 is 2. The van der Waals surface area contributed by atoms with Gasteiger partial charge in [0, 0.05) is 42.7 Å². The maximum atomic E-state index is 5.93. The molecular formula is C23H28N4O3S. The first-order valence-corrected chi connectivity index (χ1v) is 11.6. The number of nitrogens with zero attached hydrogens (tertiary/aromatic N) is 4. The largest absolute Gasteiger partial charge is 0.496 e. The quantitative estimate of drug-likeness (QED) is 0.705. The number of fused-ring (bicyclic) bond motifs is 1. The summed E-state index contributed by atoms with van der Waals surface area (Å²) in [4.78, 5) is 14.4. The minimum absolute atomic E-state index is 0.0185. The highest BCUT2D eigenvalue weighted by Gasteiger charge is 2.45. The Morgan fingerprint density at radius 1 is 1.10 bits per heavy atom. The van der Waals surface area contributed by atoms with Gasteiger partial charge in [0.2, 0.25) is 0 Å². The molecule has 2 saturated heterocycles. The van der Waals surface area contributed by atoms with Gasteiger partial charge in [0.25, 0.3) is 0 Å². The lowest BCUT2D eigenvalue weighted by atomic mass is 9.94. The first kappa shape index (κ1) is 20.5. The third-order valence-corrected chi connectivity index (χ3v) is 7.19. The first-order chi connectivity index (χ1) is 15.2. The predicted octanol–water partition coefficient (Wildman–Crippen LogP) is 3.52. The van der Waals surface area contributed by atoms with Gasteiger partial charge >= 0.3 is 0 Å². The average Bonchev–Trinajstić information content (AvgIpc) is 3.35. The van der Waals surface area contributed by atoms with Crippen LogP contribution >= 0.6 is 11.8 Å². The number of hydrogen-bond donors (Lipinski definition) is 0. The zero-order valence-corrected chi connectivity index (χ0v) is 19.0. The molecule has 3 aliphatic heterocycles. The molecule has 7 nitrogen and oxygen atoms in total. The van der Waals surface area contributed by atoms with Crippen molar-refractivity contribution >= 4 is 22.6 Å². The van der Waals surface area contributed by atoms with Crippen molar-refractivity contribution in [3.8, 4) is 11.5 Å². The van der Waals surface area contributed by atoms with Crippen LogP contribution in [-0.2, 0) is 4.74 Å². The molecule has 5 rings (SSSR count). The highest BCUT2D eigenvalue weighted by molar-refractivity contribution is 8.14. The van der Waals surface area contributed by atoms with Gasteiger partial charge in [-0.25, -0.2) is 0 Å². The van der Waals surface area contributed by atoms with Crippen LogP contribution in [0.1, 0.15) is 30.3 Å². The molecule has 0 spiro atoms. The van der Waals surface area contributed by atoms with Crippen molar-refractivity contribution in [3.05, 3.63) is 47.8 Å². The number of morpholine rings is 1. The Morgan fingerprint density at radius 3 is 2.61 bits per heavy atom. The minimum Gasteiger partial charge on any atom is -0.496 e. The van der Waals surface area contributed by atoms with Crippen LogP contribution in [0.15, 0.2) is 41.5 Å². The van der Waals surface area contributed by atoms with Gasteiger partial charge in [0.05, 0.1) is 44.9 Å².